The SMILES string of the molecule is Cn1cc(-c2cn(-c3ccc(OCF)cc3)c(=O)cc2OCc2ccccc2)cn1. The van der Waals surface area contributed by atoms with Gasteiger partial charge in [-0.3, -0.25) is 14.0 Å². The van der Waals surface area contributed by atoms with Crippen LogP contribution >= 0.6 is 0 Å². The van der Waals surface area contributed by atoms with Crippen LogP contribution in [0.25, 0.3) is 16.8 Å². The molecule has 4 aromatic rings. The Labute approximate surface area is 172 Å². The van der Waals surface area contributed by atoms with Gasteiger partial charge in [0.2, 0.25) is 6.86 Å². The molecule has 0 aliphatic heterocycles. The second kappa shape index (κ2) is 8.65. The molecule has 0 bridgehead atoms. The number of nitrogens with zero attached hydrogens (tertiary/aromatic N) is 3. The van der Waals surface area contributed by atoms with Crippen molar-refractivity contribution in [2.75, 3.05) is 6.86 Å². The van der Waals surface area contributed by atoms with Gasteiger partial charge in [-0.15, -0.1) is 0 Å². The van der Waals surface area contributed by atoms with E-state index in [4.69, 9.17) is 9.47 Å². The van der Waals surface area contributed by atoms with E-state index in [0.717, 1.165) is 16.7 Å². The lowest BCUT2D eigenvalue weighted by molar-refractivity contribution is 0.192. The van der Waals surface area contributed by atoms with Crippen LogP contribution in [-0.2, 0) is 13.7 Å². The first-order chi connectivity index (χ1) is 14.6. The van der Waals surface area contributed by atoms with Gasteiger partial charge in [0.25, 0.3) is 5.56 Å². The van der Waals surface area contributed by atoms with Gasteiger partial charge in [0.05, 0.1) is 6.20 Å². The molecule has 0 unspecified atom stereocenters. The quantitative estimate of drug-likeness (QED) is 0.464. The Kier molecular flexibility index (Phi) is 5.61. The van der Waals surface area contributed by atoms with E-state index < -0.39 is 6.86 Å². The molecule has 6 nitrogen and oxygen atoms in total. The average molecular weight is 405 g/mol. The van der Waals surface area contributed by atoms with E-state index in [1.807, 2.05) is 43.6 Å². The number of benzene rings is 2. The topological polar surface area (TPSA) is 58.3 Å². The number of aryl methyl sites for hydroxylation is 1. The van der Waals surface area contributed by atoms with Crippen molar-refractivity contribution in [2.45, 2.75) is 6.61 Å². The van der Waals surface area contributed by atoms with Crippen LogP contribution in [0.1, 0.15) is 5.56 Å². The summed E-state index contributed by atoms with van der Waals surface area (Å²) in [6.07, 6.45) is 5.31. The summed E-state index contributed by atoms with van der Waals surface area (Å²) in [4.78, 5) is 12.8. The van der Waals surface area contributed by atoms with Crippen molar-refractivity contribution in [3.05, 3.63) is 95.2 Å². The molecule has 0 saturated carbocycles. The number of aromatic nitrogens is 3. The molecular formula is C23H20FN3O3. The Bertz CT molecular complexity index is 1180. The molecule has 0 amide bonds. The number of halogens is 1. The van der Waals surface area contributed by atoms with Gasteiger partial charge in [0.1, 0.15) is 18.1 Å². The molecule has 0 aliphatic carbocycles. The lowest BCUT2D eigenvalue weighted by Crippen LogP contribution is -2.18. The van der Waals surface area contributed by atoms with Crippen LogP contribution in [0.4, 0.5) is 4.39 Å². The number of hydrogen-bond donors (Lipinski definition) is 0. The van der Waals surface area contributed by atoms with Crippen LogP contribution in [0.2, 0.25) is 0 Å². The fourth-order valence-electron chi connectivity index (χ4n) is 3.12. The maximum Gasteiger partial charge on any atom is 0.258 e. The standard InChI is InChI=1S/C23H20FN3O3/c1-26-13-18(12-25-26)21-14-27(19-7-9-20(10-8-19)30-16-24)23(28)11-22(21)29-15-17-5-3-2-4-6-17/h2-14H,15-16H2,1H3. The second-order valence-corrected chi connectivity index (χ2v) is 6.68. The fraction of sp³-hybridized carbons (Fsp3) is 0.130. The maximum atomic E-state index is 12.8. The highest BCUT2D eigenvalue weighted by Gasteiger charge is 2.13. The van der Waals surface area contributed by atoms with E-state index in [0.29, 0.717) is 23.8 Å². The molecule has 2 aromatic heterocycles. The summed E-state index contributed by atoms with van der Waals surface area (Å²) in [5.41, 5.74) is 2.95. The second-order valence-electron chi connectivity index (χ2n) is 6.68. The molecule has 0 N–H and O–H groups in total. The Morgan fingerprint density at radius 1 is 1.00 bits per heavy atom. The largest absolute Gasteiger partial charge is 0.488 e. The Morgan fingerprint density at radius 2 is 1.77 bits per heavy atom. The molecule has 7 heteroatoms. The normalized spacial score (nSPS) is 10.7. The first kappa shape index (κ1) is 19.4. The zero-order chi connectivity index (χ0) is 20.9. The minimum atomic E-state index is -0.905. The first-order valence-corrected chi connectivity index (χ1v) is 9.35. The lowest BCUT2D eigenvalue weighted by Gasteiger charge is -2.14. The predicted molar refractivity (Wildman–Crippen MR) is 112 cm³/mol. The highest BCUT2D eigenvalue weighted by molar-refractivity contribution is 5.68. The van der Waals surface area contributed by atoms with Crippen molar-refractivity contribution < 1.29 is 13.9 Å². The first-order valence-electron chi connectivity index (χ1n) is 9.35. The third-order valence-electron chi connectivity index (χ3n) is 4.60. The third kappa shape index (κ3) is 4.25. The van der Waals surface area contributed by atoms with Crippen molar-refractivity contribution in [2.24, 2.45) is 7.05 Å². The molecule has 152 valence electrons. The molecule has 2 heterocycles. The van der Waals surface area contributed by atoms with Crippen LogP contribution < -0.4 is 15.0 Å². The summed E-state index contributed by atoms with van der Waals surface area (Å²) in [6, 6.07) is 17.8. The highest BCUT2D eigenvalue weighted by Crippen LogP contribution is 2.30. The molecule has 0 spiro atoms. The van der Waals surface area contributed by atoms with Crippen molar-refractivity contribution in [1.82, 2.24) is 14.3 Å². The number of alkyl halides is 1. The summed E-state index contributed by atoms with van der Waals surface area (Å²) < 4.78 is 26.4. The summed E-state index contributed by atoms with van der Waals surface area (Å²) in [6.45, 7) is -0.565. The van der Waals surface area contributed by atoms with Crippen molar-refractivity contribution in [3.63, 3.8) is 0 Å². The summed E-state index contributed by atoms with van der Waals surface area (Å²) in [5, 5.41) is 4.23. The van der Waals surface area contributed by atoms with Crippen LogP contribution in [0.15, 0.2) is 84.0 Å². The van der Waals surface area contributed by atoms with E-state index in [2.05, 4.69) is 5.10 Å². The fourth-order valence-corrected chi connectivity index (χ4v) is 3.12. The number of hydrogen-bond acceptors (Lipinski definition) is 4. The van der Waals surface area contributed by atoms with Gasteiger partial charge in [-0.25, -0.2) is 4.39 Å². The summed E-state index contributed by atoms with van der Waals surface area (Å²) in [5.74, 6) is 0.870. The van der Waals surface area contributed by atoms with Gasteiger partial charge >= 0.3 is 0 Å². The molecule has 30 heavy (non-hydrogen) atoms. The van der Waals surface area contributed by atoms with E-state index in [1.165, 1.54) is 10.6 Å². The Morgan fingerprint density at radius 3 is 2.43 bits per heavy atom. The van der Waals surface area contributed by atoms with Gasteiger partial charge < -0.3 is 9.47 Å². The molecule has 0 fully saturated rings. The van der Waals surface area contributed by atoms with Crippen molar-refractivity contribution in [3.8, 4) is 28.3 Å². The molecule has 0 saturated heterocycles. The van der Waals surface area contributed by atoms with Gasteiger partial charge in [0, 0.05) is 42.3 Å². The molecule has 2 aromatic carbocycles. The molecule has 0 radical (unpaired) electrons. The summed E-state index contributed by atoms with van der Waals surface area (Å²) in [7, 11) is 1.83. The lowest BCUT2D eigenvalue weighted by atomic mass is 10.1. The maximum absolute atomic E-state index is 12.8. The van der Waals surface area contributed by atoms with Crippen molar-refractivity contribution >= 4 is 0 Å². The van der Waals surface area contributed by atoms with E-state index in [9.17, 15) is 9.18 Å². The number of ether oxygens (including phenoxy) is 2. The third-order valence-corrected chi connectivity index (χ3v) is 4.60. The van der Waals surface area contributed by atoms with Gasteiger partial charge in [0.15, 0.2) is 0 Å². The Hall–Kier alpha value is -3.87. The van der Waals surface area contributed by atoms with E-state index in [-0.39, 0.29) is 5.56 Å². The number of rotatable bonds is 7. The minimum absolute atomic E-state index is 0.245. The minimum Gasteiger partial charge on any atom is -0.488 e. The zero-order valence-electron chi connectivity index (χ0n) is 16.4. The molecule has 4 rings (SSSR count). The van der Waals surface area contributed by atoms with Crippen LogP contribution in [0, 0.1) is 0 Å². The predicted octanol–water partition coefficient (Wildman–Crippen LogP) is 4.12. The van der Waals surface area contributed by atoms with Crippen LogP contribution in [0.5, 0.6) is 11.5 Å². The molecular weight excluding hydrogens is 385 g/mol. The van der Waals surface area contributed by atoms with E-state index in [1.54, 1.807) is 41.3 Å². The molecule has 0 atom stereocenters. The molecule has 0 aliphatic rings. The summed E-state index contributed by atoms with van der Waals surface area (Å²) >= 11 is 0. The highest BCUT2D eigenvalue weighted by atomic mass is 19.1. The van der Waals surface area contributed by atoms with Crippen LogP contribution in [-0.4, -0.2) is 21.2 Å². The van der Waals surface area contributed by atoms with Gasteiger partial charge in [-0.1, -0.05) is 30.3 Å². The Balaban J connectivity index is 1.73. The van der Waals surface area contributed by atoms with Gasteiger partial charge in [-0.2, -0.15) is 5.10 Å². The zero-order valence-corrected chi connectivity index (χ0v) is 16.4. The van der Waals surface area contributed by atoms with Gasteiger partial charge in [-0.05, 0) is 29.8 Å². The average Bonchev–Trinajstić information content (AvgIpc) is 3.20. The monoisotopic (exact) mass is 405 g/mol. The smallest absolute Gasteiger partial charge is 0.258 e. The van der Waals surface area contributed by atoms with E-state index >= 15 is 0 Å². The van der Waals surface area contributed by atoms with Crippen molar-refractivity contribution in [1.29, 1.82) is 0 Å². The number of pyridine rings is 1. The van der Waals surface area contributed by atoms with Crippen LogP contribution in [0.3, 0.4) is 0 Å².